The van der Waals surface area contributed by atoms with Crippen LogP contribution in [0.15, 0.2) is 24.3 Å². The molecule has 0 bridgehead atoms. The number of methoxy groups -OCH3 is 2. The number of ether oxygens (including phenoxy) is 6. The molecule has 2 aromatic carbocycles. The van der Waals surface area contributed by atoms with Gasteiger partial charge in [0, 0.05) is 41.9 Å². The molecule has 0 spiro atoms. The van der Waals surface area contributed by atoms with E-state index in [1.54, 1.807) is 14.2 Å². The van der Waals surface area contributed by atoms with Crippen molar-refractivity contribution in [3.8, 4) is 11.5 Å². The van der Waals surface area contributed by atoms with Gasteiger partial charge in [-0.1, -0.05) is 13.8 Å². The molecule has 2 rings (SSSR count). The van der Waals surface area contributed by atoms with E-state index in [9.17, 15) is 10.2 Å². The van der Waals surface area contributed by atoms with Crippen LogP contribution in [-0.2, 0) is 60.3 Å². The lowest BCUT2D eigenvalue weighted by molar-refractivity contribution is 0.0138. The van der Waals surface area contributed by atoms with Crippen LogP contribution in [0.4, 0.5) is 0 Å². The Morgan fingerprint density at radius 3 is 1.23 bits per heavy atom. The smallest absolute Gasteiger partial charge is 0.126 e. The normalized spacial score (nSPS) is 12.2. The molecule has 220 valence electrons. The predicted molar refractivity (Wildman–Crippen MR) is 151 cm³/mol. The summed E-state index contributed by atoms with van der Waals surface area (Å²) < 4.78 is 33.5. The minimum absolute atomic E-state index is 0.136. The summed E-state index contributed by atoms with van der Waals surface area (Å²) in [4.78, 5) is 0. The van der Waals surface area contributed by atoms with Crippen molar-refractivity contribution in [2.45, 2.75) is 85.6 Å². The first-order valence-electron chi connectivity index (χ1n) is 13.6. The Hall–Kier alpha value is -2.20. The predicted octanol–water partition coefficient (Wildman–Crippen LogP) is 5.60. The Morgan fingerprint density at radius 1 is 0.590 bits per heavy atom. The van der Waals surface area contributed by atoms with E-state index in [2.05, 4.69) is 13.8 Å². The molecule has 0 unspecified atom stereocenters. The van der Waals surface area contributed by atoms with Crippen molar-refractivity contribution in [3.63, 3.8) is 0 Å². The van der Waals surface area contributed by atoms with Crippen molar-refractivity contribution >= 4 is 0 Å². The van der Waals surface area contributed by atoms with Gasteiger partial charge in [-0.3, -0.25) is 0 Å². The molecule has 0 radical (unpaired) electrons. The third kappa shape index (κ3) is 10.0. The van der Waals surface area contributed by atoms with Crippen molar-refractivity contribution in [2.75, 3.05) is 40.6 Å². The largest absolute Gasteiger partial charge is 0.507 e. The zero-order valence-corrected chi connectivity index (χ0v) is 25.0. The fraction of sp³-hybridized carbons (Fsp3) is 0.613. The van der Waals surface area contributed by atoms with E-state index in [-0.39, 0.29) is 50.1 Å². The van der Waals surface area contributed by atoms with Crippen LogP contribution in [0.5, 0.6) is 11.5 Å². The summed E-state index contributed by atoms with van der Waals surface area (Å²) in [6.45, 7) is 15.0. The van der Waals surface area contributed by atoms with E-state index in [1.807, 2.05) is 52.0 Å². The quantitative estimate of drug-likeness (QED) is 0.233. The van der Waals surface area contributed by atoms with Crippen molar-refractivity contribution < 1.29 is 38.6 Å². The lowest BCUT2D eigenvalue weighted by atomic mass is 9.76. The molecule has 0 aromatic heterocycles. The Balaban J connectivity index is 2.38. The van der Waals surface area contributed by atoms with Crippen molar-refractivity contribution in [1.82, 2.24) is 0 Å². The minimum atomic E-state index is -0.489. The summed E-state index contributed by atoms with van der Waals surface area (Å²) in [6.07, 6.45) is 0.271. The first-order chi connectivity index (χ1) is 18.5. The molecular weight excluding hydrogens is 500 g/mol. The van der Waals surface area contributed by atoms with Crippen LogP contribution in [0, 0.1) is 0 Å². The van der Waals surface area contributed by atoms with Gasteiger partial charge in [-0.15, -0.1) is 0 Å². The minimum Gasteiger partial charge on any atom is -0.507 e. The number of phenolic OH excluding ortho intramolecular Hbond substituents is 2. The number of benzene rings is 2. The highest BCUT2D eigenvalue weighted by Gasteiger charge is 2.28. The van der Waals surface area contributed by atoms with Crippen LogP contribution in [0.25, 0.3) is 0 Å². The average Bonchev–Trinajstić information content (AvgIpc) is 2.87. The highest BCUT2D eigenvalue weighted by molar-refractivity contribution is 5.52. The van der Waals surface area contributed by atoms with Gasteiger partial charge in [0.25, 0.3) is 0 Å². The van der Waals surface area contributed by atoms with Gasteiger partial charge in [0.1, 0.15) is 11.5 Å². The van der Waals surface area contributed by atoms with Crippen molar-refractivity contribution in [3.05, 3.63) is 57.6 Å². The van der Waals surface area contributed by atoms with Gasteiger partial charge in [-0.05, 0) is 63.1 Å². The first-order valence-corrected chi connectivity index (χ1v) is 13.6. The highest BCUT2D eigenvalue weighted by atomic mass is 16.5. The second kappa shape index (κ2) is 16.2. The van der Waals surface area contributed by atoms with Crippen molar-refractivity contribution in [2.24, 2.45) is 0 Å². The van der Waals surface area contributed by atoms with Crippen LogP contribution in [0.1, 0.15) is 74.9 Å². The Morgan fingerprint density at radius 2 is 0.923 bits per heavy atom. The van der Waals surface area contributed by atoms with E-state index in [4.69, 9.17) is 28.4 Å². The van der Waals surface area contributed by atoms with Crippen LogP contribution >= 0.6 is 0 Å². The summed E-state index contributed by atoms with van der Waals surface area (Å²) in [7, 11) is 3.21. The molecule has 8 nitrogen and oxygen atoms in total. The molecular formula is C31H48O8. The van der Waals surface area contributed by atoms with Gasteiger partial charge in [-0.25, -0.2) is 0 Å². The molecule has 0 saturated heterocycles. The SMILES string of the molecule is COCc1cc(C(C)(C)c2cc(COC)c(O)c(COCCOC(C)C)c2)cc(COCCOC(C)C)c1O. The molecule has 8 heteroatoms. The van der Waals surface area contributed by atoms with Gasteiger partial charge in [-0.2, -0.15) is 0 Å². The molecule has 0 amide bonds. The lowest BCUT2D eigenvalue weighted by Crippen LogP contribution is -2.21. The van der Waals surface area contributed by atoms with E-state index in [0.717, 1.165) is 11.1 Å². The van der Waals surface area contributed by atoms with Gasteiger partial charge in [0.15, 0.2) is 0 Å². The topological polar surface area (TPSA) is 95.8 Å². The fourth-order valence-electron chi connectivity index (χ4n) is 4.21. The molecule has 0 heterocycles. The Bertz CT molecular complexity index is 937. The summed E-state index contributed by atoms with van der Waals surface area (Å²) in [5, 5.41) is 21.9. The third-order valence-corrected chi connectivity index (χ3v) is 6.45. The maximum Gasteiger partial charge on any atom is 0.126 e. The maximum absolute atomic E-state index is 10.9. The highest BCUT2D eigenvalue weighted by Crippen LogP contribution is 2.39. The molecule has 0 aliphatic rings. The van der Waals surface area contributed by atoms with Gasteiger partial charge < -0.3 is 38.6 Å². The van der Waals surface area contributed by atoms with Crippen LogP contribution in [0.2, 0.25) is 0 Å². The van der Waals surface area contributed by atoms with E-state index in [1.165, 1.54) is 0 Å². The lowest BCUT2D eigenvalue weighted by Gasteiger charge is -2.29. The monoisotopic (exact) mass is 548 g/mol. The van der Waals surface area contributed by atoms with Gasteiger partial charge in [0.05, 0.1) is 65.1 Å². The second-order valence-corrected chi connectivity index (χ2v) is 10.7. The Labute approximate surface area is 234 Å². The number of phenols is 2. The summed E-state index contributed by atoms with van der Waals surface area (Å²) in [6, 6.07) is 7.87. The third-order valence-electron chi connectivity index (χ3n) is 6.45. The number of aromatic hydroxyl groups is 2. The van der Waals surface area contributed by atoms with E-state index in [0.29, 0.717) is 48.7 Å². The molecule has 39 heavy (non-hydrogen) atoms. The standard InChI is InChI=1S/C31H48O8/c1-21(2)38-11-9-36-19-25-15-27(13-23(17-34-7)29(25)32)31(5,6)28-14-24(18-35-8)30(33)26(16-28)20-37-10-12-39-22(3)4/h13-16,21-22,32-33H,9-12,17-20H2,1-8H3. The maximum atomic E-state index is 10.9. The fourth-order valence-corrected chi connectivity index (χ4v) is 4.21. The van der Waals surface area contributed by atoms with Gasteiger partial charge >= 0.3 is 0 Å². The summed E-state index contributed by atoms with van der Waals surface area (Å²) in [5.74, 6) is 0.342. The van der Waals surface area contributed by atoms with Crippen LogP contribution < -0.4 is 0 Å². The molecule has 2 aromatic rings. The molecule has 0 saturated carbocycles. The van der Waals surface area contributed by atoms with Crippen LogP contribution in [-0.4, -0.2) is 63.1 Å². The second-order valence-electron chi connectivity index (χ2n) is 10.7. The zero-order chi connectivity index (χ0) is 29.0. The first kappa shape index (κ1) is 33.0. The van der Waals surface area contributed by atoms with Gasteiger partial charge in [0.2, 0.25) is 0 Å². The molecule has 0 fully saturated rings. The Kier molecular flexibility index (Phi) is 13.7. The van der Waals surface area contributed by atoms with Crippen LogP contribution in [0.3, 0.4) is 0 Å². The molecule has 2 N–H and O–H groups in total. The number of rotatable bonds is 18. The molecule has 0 atom stereocenters. The van der Waals surface area contributed by atoms with Crippen molar-refractivity contribution in [1.29, 1.82) is 0 Å². The average molecular weight is 549 g/mol. The number of hydrogen-bond donors (Lipinski definition) is 2. The summed E-state index contributed by atoms with van der Waals surface area (Å²) >= 11 is 0. The molecule has 0 aliphatic carbocycles. The van der Waals surface area contributed by atoms with E-state index >= 15 is 0 Å². The zero-order valence-electron chi connectivity index (χ0n) is 25.0. The number of hydrogen-bond acceptors (Lipinski definition) is 8. The van der Waals surface area contributed by atoms with E-state index < -0.39 is 5.41 Å². The molecule has 0 aliphatic heterocycles. The summed E-state index contributed by atoms with van der Waals surface area (Å²) in [5.41, 5.74) is 4.21.